The first kappa shape index (κ1) is 10.8. The van der Waals surface area contributed by atoms with Gasteiger partial charge in [0, 0.05) is 18.8 Å². The predicted molar refractivity (Wildman–Crippen MR) is 55.1 cm³/mol. The first-order valence-electron chi connectivity index (χ1n) is 5.00. The summed E-state index contributed by atoms with van der Waals surface area (Å²) in [6, 6.07) is 0.215. The molecular weight excluding hydrogens is 178 g/mol. The van der Waals surface area contributed by atoms with E-state index in [0.717, 1.165) is 13.0 Å². The summed E-state index contributed by atoms with van der Waals surface area (Å²) >= 11 is 0. The van der Waals surface area contributed by atoms with E-state index >= 15 is 0 Å². The van der Waals surface area contributed by atoms with Crippen molar-refractivity contribution in [3.63, 3.8) is 0 Å². The molecule has 78 valence electrons. The van der Waals surface area contributed by atoms with E-state index in [4.69, 9.17) is 0 Å². The van der Waals surface area contributed by atoms with Gasteiger partial charge < -0.3 is 5.32 Å². The Hall–Kier alpha value is -1.32. The number of hydrogen-bond donors (Lipinski definition) is 1. The summed E-state index contributed by atoms with van der Waals surface area (Å²) in [5.74, 6) is -0.0425. The van der Waals surface area contributed by atoms with Gasteiger partial charge in [0.15, 0.2) is 0 Å². The van der Waals surface area contributed by atoms with Crippen LogP contribution in [-0.2, 0) is 6.54 Å². The van der Waals surface area contributed by atoms with E-state index in [1.54, 1.807) is 17.1 Å². The second kappa shape index (κ2) is 4.79. The molecule has 0 fully saturated rings. The summed E-state index contributed by atoms with van der Waals surface area (Å²) in [6.45, 7) is 6.81. The zero-order valence-corrected chi connectivity index (χ0v) is 8.95. The fourth-order valence-corrected chi connectivity index (χ4v) is 1.06. The Morgan fingerprint density at radius 2 is 2.36 bits per heavy atom. The molecule has 0 radical (unpaired) electrons. The van der Waals surface area contributed by atoms with Gasteiger partial charge in [-0.3, -0.25) is 9.48 Å². The molecule has 1 unspecified atom stereocenters. The van der Waals surface area contributed by atoms with Gasteiger partial charge in [0.25, 0.3) is 5.91 Å². The molecule has 14 heavy (non-hydrogen) atoms. The molecule has 0 aromatic carbocycles. The van der Waals surface area contributed by atoms with Gasteiger partial charge in [-0.25, -0.2) is 0 Å². The molecule has 1 amide bonds. The van der Waals surface area contributed by atoms with E-state index in [-0.39, 0.29) is 11.9 Å². The zero-order chi connectivity index (χ0) is 10.6. The molecule has 0 aliphatic heterocycles. The summed E-state index contributed by atoms with van der Waals surface area (Å²) in [5, 5.41) is 6.94. The van der Waals surface area contributed by atoms with Gasteiger partial charge in [-0.1, -0.05) is 6.92 Å². The van der Waals surface area contributed by atoms with Crippen LogP contribution in [0.2, 0.25) is 0 Å². The van der Waals surface area contributed by atoms with Gasteiger partial charge in [-0.2, -0.15) is 5.10 Å². The smallest absolute Gasteiger partial charge is 0.254 e. The average Bonchev–Trinajstić information content (AvgIpc) is 2.65. The fourth-order valence-electron chi connectivity index (χ4n) is 1.06. The summed E-state index contributed by atoms with van der Waals surface area (Å²) in [4.78, 5) is 11.6. The van der Waals surface area contributed by atoms with Crippen LogP contribution >= 0.6 is 0 Å². The van der Waals surface area contributed by atoms with E-state index in [9.17, 15) is 4.79 Å². The molecule has 1 aromatic heterocycles. The van der Waals surface area contributed by atoms with Crippen molar-refractivity contribution >= 4 is 5.91 Å². The van der Waals surface area contributed by atoms with Crippen molar-refractivity contribution < 1.29 is 4.79 Å². The molecule has 4 nitrogen and oxygen atoms in total. The van der Waals surface area contributed by atoms with Crippen molar-refractivity contribution in [2.45, 2.75) is 39.8 Å². The topological polar surface area (TPSA) is 46.9 Å². The van der Waals surface area contributed by atoms with Crippen LogP contribution in [0.1, 0.15) is 37.6 Å². The quantitative estimate of drug-likeness (QED) is 0.790. The second-order valence-electron chi connectivity index (χ2n) is 3.37. The average molecular weight is 195 g/mol. The number of rotatable bonds is 4. The summed E-state index contributed by atoms with van der Waals surface area (Å²) in [6.07, 6.45) is 4.30. The lowest BCUT2D eigenvalue weighted by atomic mass is 10.2. The minimum Gasteiger partial charge on any atom is -0.350 e. The van der Waals surface area contributed by atoms with E-state index in [1.165, 1.54) is 0 Å². The summed E-state index contributed by atoms with van der Waals surface area (Å²) in [5.41, 5.74) is 0.632. The van der Waals surface area contributed by atoms with Crippen LogP contribution in [0.3, 0.4) is 0 Å². The molecule has 0 spiro atoms. The predicted octanol–water partition coefficient (Wildman–Crippen LogP) is 1.43. The van der Waals surface area contributed by atoms with Crippen LogP contribution < -0.4 is 5.32 Å². The molecular formula is C10H17N3O. The van der Waals surface area contributed by atoms with Crippen molar-refractivity contribution in [3.8, 4) is 0 Å². The molecule has 1 atom stereocenters. The Bertz CT molecular complexity index is 306. The number of aromatic nitrogens is 2. The molecule has 0 bridgehead atoms. The molecule has 0 aliphatic carbocycles. The lowest BCUT2D eigenvalue weighted by Crippen LogP contribution is -2.31. The molecule has 0 aliphatic rings. The van der Waals surface area contributed by atoms with Gasteiger partial charge in [-0.05, 0) is 20.3 Å². The number of hydrogen-bond acceptors (Lipinski definition) is 2. The van der Waals surface area contributed by atoms with Crippen molar-refractivity contribution in [1.29, 1.82) is 0 Å². The van der Waals surface area contributed by atoms with E-state index in [2.05, 4.69) is 10.4 Å². The maximum Gasteiger partial charge on any atom is 0.254 e. The SMILES string of the molecule is CCC(C)NC(=O)c1cnn(CC)c1. The number of carbonyl (C=O) groups is 1. The zero-order valence-electron chi connectivity index (χ0n) is 8.95. The Morgan fingerprint density at radius 1 is 1.64 bits per heavy atom. The van der Waals surface area contributed by atoms with Crippen LogP contribution in [-0.4, -0.2) is 21.7 Å². The number of carbonyl (C=O) groups excluding carboxylic acids is 1. The van der Waals surface area contributed by atoms with Crippen LogP contribution in [0, 0.1) is 0 Å². The van der Waals surface area contributed by atoms with E-state index in [0.29, 0.717) is 5.56 Å². The fraction of sp³-hybridized carbons (Fsp3) is 0.600. The third-order valence-electron chi connectivity index (χ3n) is 2.21. The third kappa shape index (κ3) is 2.58. The second-order valence-corrected chi connectivity index (χ2v) is 3.37. The summed E-state index contributed by atoms with van der Waals surface area (Å²) < 4.78 is 1.74. The molecule has 4 heteroatoms. The molecule has 1 aromatic rings. The van der Waals surface area contributed by atoms with Crippen LogP contribution in [0.15, 0.2) is 12.4 Å². The van der Waals surface area contributed by atoms with Crippen molar-refractivity contribution in [2.75, 3.05) is 0 Å². The number of nitrogens with one attached hydrogen (secondary N) is 1. The number of amides is 1. The molecule has 1 heterocycles. The highest BCUT2D eigenvalue weighted by Crippen LogP contribution is 1.99. The first-order valence-corrected chi connectivity index (χ1v) is 5.00. The Labute approximate surface area is 84.3 Å². The van der Waals surface area contributed by atoms with Gasteiger partial charge in [0.1, 0.15) is 0 Å². The number of aryl methyl sites for hydroxylation is 1. The highest BCUT2D eigenvalue weighted by atomic mass is 16.1. The minimum atomic E-state index is -0.0425. The third-order valence-corrected chi connectivity index (χ3v) is 2.21. The maximum atomic E-state index is 11.6. The Morgan fingerprint density at radius 3 is 2.86 bits per heavy atom. The summed E-state index contributed by atoms with van der Waals surface area (Å²) in [7, 11) is 0. The van der Waals surface area contributed by atoms with Crippen molar-refractivity contribution in [1.82, 2.24) is 15.1 Å². The molecule has 1 N–H and O–H groups in total. The van der Waals surface area contributed by atoms with Gasteiger partial charge in [0.05, 0.1) is 11.8 Å². The highest BCUT2D eigenvalue weighted by Gasteiger charge is 2.09. The maximum absolute atomic E-state index is 11.6. The van der Waals surface area contributed by atoms with Crippen molar-refractivity contribution in [3.05, 3.63) is 18.0 Å². The minimum absolute atomic E-state index is 0.0425. The lowest BCUT2D eigenvalue weighted by Gasteiger charge is -2.09. The van der Waals surface area contributed by atoms with Crippen LogP contribution in [0.4, 0.5) is 0 Å². The van der Waals surface area contributed by atoms with E-state index in [1.807, 2.05) is 20.8 Å². The first-order chi connectivity index (χ1) is 6.67. The normalized spacial score (nSPS) is 12.5. The lowest BCUT2D eigenvalue weighted by molar-refractivity contribution is 0.0939. The molecule has 1 rings (SSSR count). The largest absolute Gasteiger partial charge is 0.350 e. The number of nitrogens with zero attached hydrogens (tertiary/aromatic N) is 2. The van der Waals surface area contributed by atoms with Crippen molar-refractivity contribution in [2.24, 2.45) is 0 Å². The molecule has 0 saturated heterocycles. The van der Waals surface area contributed by atoms with Crippen LogP contribution in [0.25, 0.3) is 0 Å². The van der Waals surface area contributed by atoms with Gasteiger partial charge in [0.2, 0.25) is 0 Å². The highest BCUT2D eigenvalue weighted by molar-refractivity contribution is 5.93. The Balaban J connectivity index is 2.60. The van der Waals surface area contributed by atoms with Crippen LogP contribution in [0.5, 0.6) is 0 Å². The Kier molecular flexibility index (Phi) is 3.68. The van der Waals surface area contributed by atoms with E-state index < -0.39 is 0 Å². The molecule has 0 saturated carbocycles. The standard InChI is InChI=1S/C10H17N3O/c1-4-8(3)12-10(14)9-6-11-13(5-2)7-9/h6-8H,4-5H2,1-3H3,(H,12,14). The van der Waals surface area contributed by atoms with Gasteiger partial charge in [-0.15, -0.1) is 0 Å². The van der Waals surface area contributed by atoms with Gasteiger partial charge >= 0.3 is 0 Å². The monoisotopic (exact) mass is 195 g/mol.